The van der Waals surface area contributed by atoms with E-state index in [-0.39, 0.29) is 5.56 Å². The predicted octanol–water partition coefficient (Wildman–Crippen LogP) is 3.63. The fourth-order valence-corrected chi connectivity index (χ4v) is 4.17. The number of anilines is 3. The van der Waals surface area contributed by atoms with Gasteiger partial charge in [-0.25, -0.2) is 15.0 Å². The van der Waals surface area contributed by atoms with Crippen LogP contribution in [0.4, 0.5) is 17.5 Å². The first-order valence-corrected chi connectivity index (χ1v) is 10.8. The standard InChI is InChI=1S/C24H25N7O/c1-25-24-28-13-18(14-29-24)20-12-17-8-11-27-23(32)21(17)22(31-20)30-19-4-2-15(3-5-19)16-6-9-26-10-7-16/h2-5,8,11-14,16,26H,6-7,9-10H2,1H3,(H,27,32)(H,30,31)(H,25,28,29). The van der Waals surface area contributed by atoms with Crippen LogP contribution in [0.15, 0.2) is 59.8 Å². The molecule has 162 valence electrons. The van der Waals surface area contributed by atoms with Crippen molar-refractivity contribution >= 4 is 28.2 Å². The van der Waals surface area contributed by atoms with Gasteiger partial charge in [0, 0.05) is 36.9 Å². The minimum atomic E-state index is -0.183. The number of piperidine rings is 1. The van der Waals surface area contributed by atoms with Crippen LogP contribution in [0.1, 0.15) is 24.3 Å². The highest BCUT2D eigenvalue weighted by Crippen LogP contribution is 2.29. The van der Waals surface area contributed by atoms with Gasteiger partial charge in [-0.15, -0.1) is 0 Å². The third-order valence-corrected chi connectivity index (χ3v) is 5.91. The van der Waals surface area contributed by atoms with Gasteiger partial charge in [-0.3, -0.25) is 4.79 Å². The third-order valence-electron chi connectivity index (χ3n) is 5.91. The molecule has 4 heterocycles. The second-order valence-corrected chi connectivity index (χ2v) is 7.94. The zero-order chi connectivity index (χ0) is 21.9. The van der Waals surface area contributed by atoms with Crippen LogP contribution in [0.25, 0.3) is 22.0 Å². The molecule has 1 saturated heterocycles. The average Bonchev–Trinajstić information content (AvgIpc) is 2.85. The fourth-order valence-electron chi connectivity index (χ4n) is 4.17. The van der Waals surface area contributed by atoms with Crippen molar-refractivity contribution in [3.63, 3.8) is 0 Å². The molecule has 1 aliphatic heterocycles. The van der Waals surface area contributed by atoms with E-state index in [4.69, 9.17) is 4.98 Å². The second-order valence-electron chi connectivity index (χ2n) is 7.94. The van der Waals surface area contributed by atoms with Crippen LogP contribution in [-0.4, -0.2) is 40.1 Å². The number of rotatable bonds is 5. The van der Waals surface area contributed by atoms with Gasteiger partial charge in [0.15, 0.2) is 0 Å². The molecule has 5 rings (SSSR count). The van der Waals surface area contributed by atoms with Gasteiger partial charge in [0.25, 0.3) is 5.56 Å². The molecular formula is C24H25N7O. The van der Waals surface area contributed by atoms with Crippen molar-refractivity contribution in [3.05, 3.63) is 70.9 Å². The highest BCUT2D eigenvalue weighted by Gasteiger charge is 2.16. The van der Waals surface area contributed by atoms with E-state index in [9.17, 15) is 4.79 Å². The molecular weight excluding hydrogens is 402 g/mol. The molecule has 4 N–H and O–H groups in total. The summed E-state index contributed by atoms with van der Waals surface area (Å²) in [5, 5.41) is 11.0. The van der Waals surface area contributed by atoms with E-state index < -0.39 is 0 Å². The molecule has 1 aliphatic rings. The van der Waals surface area contributed by atoms with Gasteiger partial charge in [-0.05, 0) is 67.1 Å². The van der Waals surface area contributed by atoms with Crippen LogP contribution in [0.2, 0.25) is 0 Å². The molecule has 8 heteroatoms. The lowest BCUT2D eigenvalue weighted by Gasteiger charge is -2.23. The SMILES string of the molecule is CNc1ncc(-c2cc3cc[nH]c(=O)c3c(Nc3ccc(C4CCNCC4)cc3)n2)cn1. The Morgan fingerprint density at radius 3 is 2.50 bits per heavy atom. The van der Waals surface area contributed by atoms with Gasteiger partial charge in [0.1, 0.15) is 5.82 Å². The van der Waals surface area contributed by atoms with Crippen LogP contribution in [0.3, 0.4) is 0 Å². The van der Waals surface area contributed by atoms with Gasteiger partial charge in [0.05, 0.1) is 11.1 Å². The highest BCUT2D eigenvalue weighted by molar-refractivity contribution is 5.95. The lowest BCUT2D eigenvalue weighted by Crippen LogP contribution is -2.26. The van der Waals surface area contributed by atoms with Crippen LogP contribution >= 0.6 is 0 Å². The summed E-state index contributed by atoms with van der Waals surface area (Å²) < 4.78 is 0. The number of aromatic nitrogens is 4. The topological polar surface area (TPSA) is 108 Å². The van der Waals surface area contributed by atoms with Crippen molar-refractivity contribution in [2.45, 2.75) is 18.8 Å². The van der Waals surface area contributed by atoms with Gasteiger partial charge < -0.3 is 20.9 Å². The summed E-state index contributed by atoms with van der Waals surface area (Å²) in [4.78, 5) is 28.7. The Morgan fingerprint density at radius 2 is 1.78 bits per heavy atom. The zero-order valence-electron chi connectivity index (χ0n) is 17.9. The molecule has 3 aromatic heterocycles. The maximum Gasteiger partial charge on any atom is 0.259 e. The summed E-state index contributed by atoms with van der Waals surface area (Å²) >= 11 is 0. The Bertz CT molecular complexity index is 1280. The Balaban J connectivity index is 1.51. The molecule has 1 fully saturated rings. The number of nitrogens with one attached hydrogen (secondary N) is 4. The molecule has 4 aromatic rings. The number of hydrogen-bond acceptors (Lipinski definition) is 7. The van der Waals surface area contributed by atoms with E-state index in [1.54, 1.807) is 25.6 Å². The Morgan fingerprint density at radius 1 is 1.03 bits per heavy atom. The van der Waals surface area contributed by atoms with Crippen LogP contribution in [0.5, 0.6) is 0 Å². The number of fused-ring (bicyclic) bond motifs is 1. The third kappa shape index (κ3) is 4.04. The number of benzene rings is 1. The van der Waals surface area contributed by atoms with Crippen LogP contribution in [0, 0.1) is 0 Å². The maximum atomic E-state index is 12.6. The monoisotopic (exact) mass is 427 g/mol. The fraction of sp³-hybridized carbons (Fsp3) is 0.250. The number of aromatic amines is 1. The zero-order valence-corrected chi connectivity index (χ0v) is 17.9. The van der Waals surface area contributed by atoms with E-state index in [0.717, 1.165) is 42.6 Å². The molecule has 0 amide bonds. The average molecular weight is 428 g/mol. The van der Waals surface area contributed by atoms with E-state index in [0.29, 0.717) is 28.8 Å². The van der Waals surface area contributed by atoms with Crippen molar-refractivity contribution < 1.29 is 0 Å². The van der Waals surface area contributed by atoms with Crippen molar-refractivity contribution in [2.24, 2.45) is 0 Å². The molecule has 0 radical (unpaired) electrons. The molecule has 0 aliphatic carbocycles. The summed E-state index contributed by atoms with van der Waals surface area (Å²) in [6, 6.07) is 12.2. The maximum absolute atomic E-state index is 12.6. The minimum absolute atomic E-state index is 0.183. The summed E-state index contributed by atoms with van der Waals surface area (Å²) in [5.74, 6) is 1.64. The molecule has 0 bridgehead atoms. The first-order valence-electron chi connectivity index (χ1n) is 10.8. The molecule has 0 spiro atoms. The normalized spacial score (nSPS) is 14.4. The van der Waals surface area contributed by atoms with Crippen LogP contribution in [-0.2, 0) is 0 Å². The Labute approximate surface area is 185 Å². The van der Waals surface area contributed by atoms with E-state index >= 15 is 0 Å². The lowest BCUT2D eigenvalue weighted by atomic mass is 9.90. The van der Waals surface area contributed by atoms with Crippen molar-refractivity contribution in [1.82, 2.24) is 25.3 Å². The van der Waals surface area contributed by atoms with E-state index in [1.165, 1.54) is 5.56 Å². The number of hydrogen-bond donors (Lipinski definition) is 4. The molecule has 32 heavy (non-hydrogen) atoms. The number of pyridine rings is 2. The summed E-state index contributed by atoms with van der Waals surface area (Å²) in [7, 11) is 1.77. The second kappa shape index (κ2) is 8.76. The summed E-state index contributed by atoms with van der Waals surface area (Å²) in [5.41, 5.74) is 3.52. The Hall–Kier alpha value is -3.78. The van der Waals surface area contributed by atoms with Gasteiger partial charge in [0.2, 0.25) is 5.95 Å². The molecule has 8 nitrogen and oxygen atoms in total. The predicted molar refractivity (Wildman–Crippen MR) is 128 cm³/mol. The first-order chi connectivity index (χ1) is 15.7. The largest absolute Gasteiger partial charge is 0.357 e. The van der Waals surface area contributed by atoms with Gasteiger partial charge in [-0.1, -0.05) is 12.1 Å². The van der Waals surface area contributed by atoms with E-state index in [2.05, 4.69) is 55.2 Å². The smallest absolute Gasteiger partial charge is 0.259 e. The quantitative estimate of drug-likeness (QED) is 0.385. The van der Waals surface area contributed by atoms with Crippen molar-refractivity contribution in [3.8, 4) is 11.3 Å². The van der Waals surface area contributed by atoms with Crippen LogP contribution < -0.4 is 21.5 Å². The number of H-pyrrole nitrogens is 1. The Kier molecular flexibility index (Phi) is 5.51. The highest BCUT2D eigenvalue weighted by atomic mass is 16.1. The van der Waals surface area contributed by atoms with Crippen molar-refractivity contribution in [2.75, 3.05) is 30.8 Å². The number of nitrogens with zero attached hydrogens (tertiary/aromatic N) is 3. The summed E-state index contributed by atoms with van der Waals surface area (Å²) in [6.07, 6.45) is 7.40. The minimum Gasteiger partial charge on any atom is -0.357 e. The lowest BCUT2D eigenvalue weighted by molar-refractivity contribution is 0.460. The van der Waals surface area contributed by atoms with E-state index in [1.807, 2.05) is 12.1 Å². The molecule has 1 aromatic carbocycles. The van der Waals surface area contributed by atoms with Crippen molar-refractivity contribution in [1.29, 1.82) is 0 Å². The first kappa shape index (κ1) is 20.1. The molecule has 0 saturated carbocycles. The molecule has 0 atom stereocenters. The summed E-state index contributed by atoms with van der Waals surface area (Å²) in [6.45, 7) is 2.13. The molecule has 0 unspecified atom stereocenters. The van der Waals surface area contributed by atoms with Gasteiger partial charge in [-0.2, -0.15) is 0 Å². The van der Waals surface area contributed by atoms with Gasteiger partial charge >= 0.3 is 0 Å².